The van der Waals surface area contributed by atoms with Crippen LogP contribution in [-0.4, -0.2) is 13.1 Å². The summed E-state index contributed by atoms with van der Waals surface area (Å²) in [6.45, 7) is 6.60. The lowest BCUT2D eigenvalue weighted by molar-refractivity contribution is 0.514. The van der Waals surface area contributed by atoms with Crippen molar-refractivity contribution in [2.45, 2.75) is 26.2 Å². The topological polar surface area (TPSA) is 12.0 Å². The minimum Gasteiger partial charge on any atom is -0.316 e. The van der Waals surface area contributed by atoms with Crippen LogP contribution in [0.25, 0.3) is 0 Å². The Labute approximate surface area is 134 Å². The van der Waals surface area contributed by atoms with Crippen molar-refractivity contribution in [1.29, 1.82) is 0 Å². The molecule has 1 aromatic carbocycles. The van der Waals surface area contributed by atoms with Gasteiger partial charge in [0.05, 0.1) is 0 Å². The van der Waals surface area contributed by atoms with Gasteiger partial charge in [-0.3, -0.25) is 0 Å². The summed E-state index contributed by atoms with van der Waals surface area (Å²) in [6, 6.07) is 13.0. The maximum atomic E-state index is 3.70. The van der Waals surface area contributed by atoms with Crippen LogP contribution in [0.1, 0.15) is 30.2 Å². The molecule has 108 valence electrons. The molecule has 1 aromatic heterocycles. The Morgan fingerprint density at radius 2 is 1.90 bits per heavy atom. The van der Waals surface area contributed by atoms with E-state index in [9.17, 15) is 0 Å². The minimum atomic E-state index is 0.517. The summed E-state index contributed by atoms with van der Waals surface area (Å²) in [7, 11) is 0. The van der Waals surface area contributed by atoms with E-state index in [0.717, 1.165) is 19.5 Å². The molecular weight excluding hydrogens is 330 g/mol. The van der Waals surface area contributed by atoms with Gasteiger partial charge in [0.15, 0.2) is 0 Å². The maximum Gasteiger partial charge on any atom is 0.0210 e. The van der Waals surface area contributed by atoms with Crippen LogP contribution >= 0.6 is 27.3 Å². The van der Waals surface area contributed by atoms with Crippen molar-refractivity contribution >= 4 is 27.3 Å². The van der Waals surface area contributed by atoms with Gasteiger partial charge in [-0.25, -0.2) is 0 Å². The molecular formula is C17H22BrNS. The second-order valence-electron chi connectivity index (χ2n) is 5.55. The van der Waals surface area contributed by atoms with E-state index in [-0.39, 0.29) is 0 Å². The third-order valence-corrected chi connectivity index (χ3v) is 4.94. The first-order valence-corrected chi connectivity index (χ1v) is 8.81. The quantitative estimate of drug-likeness (QED) is 0.733. The second-order valence-corrected chi connectivity index (χ2v) is 7.44. The predicted molar refractivity (Wildman–Crippen MR) is 92.6 cm³/mol. The summed E-state index contributed by atoms with van der Waals surface area (Å²) in [4.78, 5) is 1.46. The number of hydrogen-bond acceptors (Lipinski definition) is 2. The molecule has 0 aliphatic carbocycles. The van der Waals surface area contributed by atoms with E-state index < -0.39 is 0 Å². The fourth-order valence-corrected chi connectivity index (χ4v) is 3.71. The molecule has 1 N–H and O–H groups in total. The number of benzene rings is 1. The lowest BCUT2D eigenvalue weighted by atomic mass is 9.94. The number of hydrogen-bond donors (Lipinski definition) is 1. The average Bonchev–Trinajstić information content (AvgIpc) is 2.91. The van der Waals surface area contributed by atoms with Crippen LogP contribution < -0.4 is 5.32 Å². The van der Waals surface area contributed by atoms with E-state index in [1.807, 2.05) is 11.3 Å². The van der Waals surface area contributed by atoms with E-state index in [0.29, 0.717) is 11.8 Å². The SMILES string of the molecule is CC(C)CNCC(Cc1cccs1)c1ccccc1Br. The molecule has 1 atom stereocenters. The van der Waals surface area contributed by atoms with E-state index in [2.05, 4.69) is 76.9 Å². The fourth-order valence-electron chi connectivity index (χ4n) is 2.32. The number of halogens is 1. The Hall–Kier alpha value is -0.640. The van der Waals surface area contributed by atoms with Gasteiger partial charge >= 0.3 is 0 Å². The first kappa shape index (κ1) is 15.7. The molecule has 1 heterocycles. The van der Waals surface area contributed by atoms with Crippen molar-refractivity contribution in [1.82, 2.24) is 5.32 Å². The van der Waals surface area contributed by atoms with Gasteiger partial charge in [0, 0.05) is 21.8 Å². The van der Waals surface area contributed by atoms with E-state index in [4.69, 9.17) is 0 Å². The molecule has 0 aliphatic rings. The second kappa shape index (κ2) is 7.96. The van der Waals surface area contributed by atoms with Gasteiger partial charge in [0.2, 0.25) is 0 Å². The van der Waals surface area contributed by atoms with Crippen LogP contribution in [0.4, 0.5) is 0 Å². The monoisotopic (exact) mass is 351 g/mol. The third-order valence-electron chi connectivity index (χ3n) is 3.32. The highest BCUT2D eigenvalue weighted by Crippen LogP contribution is 2.28. The lowest BCUT2D eigenvalue weighted by Gasteiger charge is -2.20. The van der Waals surface area contributed by atoms with E-state index in [1.54, 1.807) is 0 Å². The van der Waals surface area contributed by atoms with Crippen LogP contribution in [0.15, 0.2) is 46.3 Å². The Bertz CT molecular complexity index is 507. The Balaban J connectivity index is 2.09. The van der Waals surface area contributed by atoms with Gasteiger partial charge in [0.25, 0.3) is 0 Å². The molecule has 2 aromatic rings. The standard InChI is InChI=1S/C17H22BrNS/c1-13(2)11-19-12-14(10-15-6-5-9-20-15)16-7-3-4-8-17(16)18/h3-9,13-14,19H,10-12H2,1-2H3. The van der Waals surface area contributed by atoms with Crippen molar-refractivity contribution < 1.29 is 0 Å². The molecule has 0 bridgehead atoms. The van der Waals surface area contributed by atoms with Crippen molar-refractivity contribution in [3.8, 4) is 0 Å². The van der Waals surface area contributed by atoms with E-state index in [1.165, 1.54) is 14.9 Å². The van der Waals surface area contributed by atoms with Crippen molar-refractivity contribution in [3.63, 3.8) is 0 Å². The molecule has 0 amide bonds. The third kappa shape index (κ3) is 4.72. The van der Waals surface area contributed by atoms with Crippen LogP contribution in [0.3, 0.4) is 0 Å². The van der Waals surface area contributed by atoms with Crippen LogP contribution in [0.2, 0.25) is 0 Å². The molecule has 0 saturated carbocycles. The molecule has 0 aliphatic heterocycles. The van der Waals surface area contributed by atoms with Gasteiger partial charge < -0.3 is 5.32 Å². The highest BCUT2D eigenvalue weighted by atomic mass is 79.9. The smallest absolute Gasteiger partial charge is 0.0210 e. The number of nitrogens with one attached hydrogen (secondary N) is 1. The first-order valence-electron chi connectivity index (χ1n) is 7.14. The summed E-state index contributed by atoms with van der Waals surface area (Å²) < 4.78 is 1.22. The van der Waals surface area contributed by atoms with Gasteiger partial charge in [-0.1, -0.05) is 54.0 Å². The Kier molecular flexibility index (Phi) is 6.27. The van der Waals surface area contributed by atoms with Crippen LogP contribution in [0.5, 0.6) is 0 Å². The lowest BCUT2D eigenvalue weighted by Crippen LogP contribution is -2.26. The average molecular weight is 352 g/mol. The summed E-state index contributed by atoms with van der Waals surface area (Å²) in [5.74, 6) is 1.21. The molecule has 20 heavy (non-hydrogen) atoms. The Morgan fingerprint density at radius 3 is 2.55 bits per heavy atom. The zero-order chi connectivity index (χ0) is 14.4. The van der Waals surface area contributed by atoms with Crippen molar-refractivity contribution in [2.24, 2.45) is 5.92 Å². The highest BCUT2D eigenvalue weighted by molar-refractivity contribution is 9.10. The van der Waals surface area contributed by atoms with Crippen LogP contribution in [-0.2, 0) is 6.42 Å². The molecule has 3 heteroatoms. The van der Waals surface area contributed by atoms with E-state index >= 15 is 0 Å². The zero-order valence-corrected chi connectivity index (χ0v) is 14.5. The Morgan fingerprint density at radius 1 is 1.10 bits per heavy atom. The van der Waals surface area contributed by atoms with Crippen molar-refractivity contribution in [3.05, 3.63) is 56.7 Å². The summed E-state index contributed by atoms with van der Waals surface area (Å²) in [5.41, 5.74) is 1.40. The van der Waals surface area contributed by atoms with Gasteiger partial charge in [-0.15, -0.1) is 11.3 Å². The minimum absolute atomic E-state index is 0.517. The molecule has 0 fully saturated rings. The largest absolute Gasteiger partial charge is 0.316 e. The fraction of sp³-hybridized carbons (Fsp3) is 0.412. The summed E-state index contributed by atoms with van der Waals surface area (Å²) in [6.07, 6.45) is 1.10. The molecule has 1 nitrogen and oxygen atoms in total. The molecule has 0 radical (unpaired) electrons. The summed E-state index contributed by atoms with van der Waals surface area (Å²) in [5, 5.41) is 5.77. The van der Waals surface area contributed by atoms with Gasteiger partial charge in [-0.05, 0) is 42.0 Å². The summed E-state index contributed by atoms with van der Waals surface area (Å²) >= 11 is 5.55. The number of rotatable bonds is 7. The van der Waals surface area contributed by atoms with Crippen molar-refractivity contribution in [2.75, 3.05) is 13.1 Å². The number of thiophene rings is 1. The zero-order valence-electron chi connectivity index (χ0n) is 12.1. The predicted octanol–water partition coefficient (Wildman–Crippen LogP) is 5.08. The van der Waals surface area contributed by atoms with Gasteiger partial charge in [-0.2, -0.15) is 0 Å². The molecule has 0 spiro atoms. The molecule has 1 unspecified atom stereocenters. The maximum absolute atomic E-state index is 3.70. The molecule has 2 rings (SSSR count). The highest BCUT2D eigenvalue weighted by Gasteiger charge is 2.15. The normalized spacial score (nSPS) is 12.8. The van der Waals surface area contributed by atoms with Crippen LogP contribution in [0, 0.1) is 5.92 Å². The van der Waals surface area contributed by atoms with Gasteiger partial charge in [0.1, 0.15) is 0 Å². The molecule has 0 saturated heterocycles. The first-order chi connectivity index (χ1) is 9.66.